The maximum atomic E-state index is 11.9. The molecule has 1 amide bonds. The Morgan fingerprint density at radius 2 is 1.94 bits per heavy atom. The smallest absolute Gasteiger partial charge is 0.222 e. The number of aliphatic imine (C=N–C) groups is 1. The quantitative estimate of drug-likeness (QED) is 0.307. The van der Waals surface area contributed by atoms with Gasteiger partial charge < -0.3 is 20.4 Å². The van der Waals surface area contributed by atoms with Crippen LogP contribution < -0.4 is 15.5 Å². The highest BCUT2D eigenvalue weighted by Gasteiger charge is 2.21. The first-order valence-corrected chi connectivity index (χ1v) is 11.8. The topological polar surface area (TPSA) is 72.9 Å². The minimum atomic E-state index is 0. The Hall–Kier alpha value is -2.36. The van der Waals surface area contributed by atoms with E-state index in [1.165, 1.54) is 5.56 Å². The zero-order valence-corrected chi connectivity index (χ0v) is 21.7. The van der Waals surface area contributed by atoms with Gasteiger partial charge in [0.05, 0.1) is 6.54 Å². The number of guanidine groups is 1. The van der Waals surface area contributed by atoms with Crippen LogP contribution in [0, 0.1) is 0 Å². The molecule has 3 heterocycles. The van der Waals surface area contributed by atoms with Crippen LogP contribution in [0.15, 0.2) is 53.7 Å². The van der Waals surface area contributed by atoms with E-state index in [4.69, 9.17) is 4.99 Å². The molecule has 178 valence electrons. The van der Waals surface area contributed by atoms with Crippen LogP contribution in [-0.4, -0.2) is 54.0 Å². The Labute approximate surface area is 214 Å². The largest absolute Gasteiger partial charge is 0.357 e. The second-order valence-electron chi connectivity index (χ2n) is 8.53. The summed E-state index contributed by atoms with van der Waals surface area (Å²) in [5.74, 6) is 2.19. The van der Waals surface area contributed by atoms with Crippen molar-refractivity contribution in [2.45, 2.75) is 51.7 Å². The molecule has 0 spiro atoms. The number of piperidine rings is 1. The molecule has 2 aliphatic heterocycles. The van der Waals surface area contributed by atoms with Crippen LogP contribution in [0.25, 0.3) is 0 Å². The second kappa shape index (κ2) is 12.8. The van der Waals surface area contributed by atoms with Crippen molar-refractivity contribution in [3.05, 3.63) is 59.8 Å². The van der Waals surface area contributed by atoms with Gasteiger partial charge in [-0.15, -0.1) is 24.0 Å². The summed E-state index contributed by atoms with van der Waals surface area (Å²) in [6.07, 6.45) is 5.62. The zero-order valence-electron chi connectivity index (χ0n) is 19.4. The van der Waals surface area contributed by atoms with Crippen molar-refractivity contribution in [2.75, 3.05) is 31.1 Å². The van der Waals surface area contributed by atoms with Crippen molar-refractivity contribution in [3.63, 3.8) is 0 Å². The Bertz CT molecular complexity index is 914. The predicted octanol–water partition coefficient (Wildman–Crippen LogP) is 3.55. The molecule has 0 aliphatic carbocycles. The molecule has 0 saturated carbocycles. The molecule has 2 aliphatic rings. The maximum absolute atomic E-state index is 11.9. The average molecular weight is 563 g/mol. The molecule has 2 saturated heterocycles. The number of anilines is 1. The van der Waals surface area contributed by atoms with E-state index in [0.29, 0.717) is 25.6 Å². The Morgan fingerprint density at radius 1 is 1.12 bits per heavy atom. The van der Waals surface area contributed by atoms with Gasteiger partial charge in [0.1, 0.15) is 5.82 Å². The number of halogens is 1. The van der Waals surface area contributed by atoms with Gasteiger partial charge >= 0.3 is 0 Å². The van der Waals surface area contributed by atoms with Crippen LogP contribution in [0.4, 0.5) is 5.82 Å². The maximum Gasteiger partial charge on any atom is 0.222 e. The SMILES string of the molecule is CCNC(=NCc1cccc(CN2CCCC2=O)c1)NC1CCN(c2ccccn2)CC1.I. The molecule has 8 heteroatoms. The third kappa shape index (κ3) is 7.31. The lowest BCUT2D eigenvalue weighted by molar-refractivity contribution is -0.128. The minimum Gasteiger partial charge on any atom is -0.357 e. The summed E-state index contributed by atoms with van der Waals surface area (Å²) in [5, 5.41) is 7.00. The first kappa shape index (κ1) is 25.3. The molecule has 0 atom stereocenters. The fourth-order valence-electron chi connectivity index (χ4n) is 4.40. The number of hydrogen-bond acceptors (Lipinski definition) is 4. The molecule has 1 aromatic heterocycles. The normalized spacial score (nSPS) is 17.1. The van der Waals surface area contributed by atoms with Crippen LogP contribution in [0.1, 0.15) is 43.7 Å². The Balaban J connectivity index is 0.00000306. The fraction of sp³-hybridized carbons (Fsp3) is 0.480. The van der Waals surface area contributed by atoms with Crippen molar-refractivity contribution >= 4 is 41.7 Å². The average Bonchev–Trinajstić information content (AvgIpc) is 3.23. The summed E-state index contributed by atoms with van der Waals surface area (Å²) in [5.41, 5.74) is 2.34. The molecule has 0 unspecified atom stereocenters. The fourth-order valence-corrected chi connectivity index (χ4v) is 4.40. The van der Waals surface area contributed by atoms with Crippen LogP contribution in [0.3, 0.4) is 0 Å². The van der Waals surface area contributed by atoms with Gasteiger partial charge in [0, 0.05) is 51.4 Å². The summed E-state index contributed by atoms with van der Waals surface area (Å²) < 4.78 is 0. The summed E-state index contributed by atoms with van der Waals surface area (Å²) >= 11 is 0. The first-order valence-electron chi connectivity index (χ1n) is 11.8. The molecule has 7 nitrogen and oxygen atoms in total. The number of carbonyl (C=O) groups excluding carboxylic acids is 1. The van der Waals surface area contributed by atoms with Gasteiger partial charge in [-0.1, -0.05) is 30.3 Å². The first-order chi connectivity index (χ1) is 15.7. The highest BCUT2D eigenvalue weighted by molar-refractivity contribution is 14.0. The van der Waals surface area contributed by atoms with Crippen molar-refractivity contribution in [1.82, 2.24) is 20.5 Å². The number of benzene rings is 1. The van der Waals surface area contributed by atoms with Gasteiger partial charge in [-0.05, 0) is 49.4 Å². The number of nitrogens with one attached hydrogen (secondary N) is 2. The van der Waals surface area contributed by atoms with Crippen LogP contribution in [0.5, 0.6) is 0 Å². The lowest BCUT2D eigenvalue weighted by atomic mass is 10.1. The molecule has 0 bridgehead atoms. The number of nitrogens with zero attached hydrogens (tertiary/aromatic N) is 4. The summed E-state index contributed by atoms with van der Waals surface area (Å²) in [4.78, 5) is 25.5. The van der Waals surface area contributed by atoms with Crippen LogP contribution >= 0.6 is 24.0 Å². The Morgan fingerprint density at radius 3 is 2.64 bits per heavy atom. The molecule has 1 aromatic carbocycles. The molecular weight excluding hydrogens is 527 g/mol. The lowest BCUT2D eigenvalue weighted by Gasteiger charge is -2.33. The number of hydrogen-bond donors (Lipinski definition) is 2. The highest BCUT2D eigenvalue weighted by atomic mass is 127. The number of carbonyl (C=O) groups is 1. The van der Waals surface area contributed by atoms with Gasteiger partial charge in [-0.3, -0.25) is 4.79 Å². The molecule has 2 N–H and O–H groups in total. The second-order valence-corrected chi connectivity index (χ2v) is 8.53. The van der Waals surface area contributed by atoms with Gasteiger partial charge in [-0.2, -0.15) is 0 Å². The van der Waals surface area contributed by atoms with E-state index in [2.05, 4.69) is 57.8 Å². The van der Waals surface area contributed by atoms with Crippen molar-refractivity contribution in [2.24, 2.45) is 4.99 Å². The number of amides is 1. The number of likely N-dealkylation sites (tertiary alicyclic amines) is 1. The zero-order chi connectivity index (χ0) is 22.2. The van der Waals surface area contributed by atoms with Crippen LogP contribution in [0.2, 0.25) is 0 Å². The standard InChI is InChI=1S/C25H34N6O.HI/c1-2-26-25(29-22-11-15-30(16-12-22)23-9-3-4-13-27-23)28-18-20-7-5-8-21(17-20)19-31-14-6-10-24(31)32;/h3-5,7-9,13,17,22H,2,6,10-12,14-16,18-19H2,1H3,(H2,26,28,29);1H. The lowest BCUT2D eigenvalue weighted by Crippen LogP contribution is -2.48. The van der Waals surface area contributed by atoms with E-state index in [1.807, 2.05) is 23.2 Å². The molecule has 2 fully saturated rings. The number of aromatic nitrogens is 1. The number of rotatable bonds is 7. The molecular formula is C25H35IN6O. The van der Waals surface area contributed by atoms with Crippen molar-refractivity contribution < 1.29 is 4.79 Å². The van der Waals surface area contributed by atoms with Gasteiger partial charge in [-0.25, -0.2) is 9.98 Å². The summed E-state index contributed by atoms with van der Waals surface area (Å²) in [6.45, 7) is 7.09. The van der Waals surface area contributed by atoms with E-state index in [0.717, 1.165) is 62.8 Å². The van der Waals surface area contributed by atoms with Gasteiger partial charge in [0.15, 0.2) is 5.96 Å². The third-order valence-electron chi connectivity index (χ3n) is 6.11. The van der Waals surface area contributed by atoms with E-state index >= 15 is 0 Å². The van der Waals surface area contributed by atoms with E-state index in [1.54, 1.807) is 0 Å². The van der Waals surface area contributed by atoms with Crippen LogP contribution in [-0.2, 0) is 17.9 Å². The van der Waals surface area contributed by atoms with Crippen molar-refractivity contribution in [1.29, 1.82) is 0 Å². The predicted molar refractivity (Wildman–Crippen MR) is 144 cm³/mol. The summed E-state index contributed by atoms with van der Waals surface area (Å²) in [7, 11) is 0. The molecule has 33 heavy (non-hydrogen) atoms. The van der Waals surface area contributed by atoms with E-state index in [9.17, 15) is 4.79 Å². The monoisotopic (exact) mass is 562 g/mol. The molecule has 2 aromatic rings. The Kier molecular flexibility index (Phi) is 9.77. The van der Waals surface area contributed by atoms with Gasteiger partial charge in [0.25, 0.3) is 0 Å². The highest BCUT2D eigenvalue weighted by Crippen LogP contribution is 2.18. The van der Waals surface area contributed by atoms with Crippen molar-refractivity contribution in [3.8, 4) is 0 Å². The van der Waals surface area contributed by atoms with E-state index in [-0.39, 0.29) is 29.9 Å². The summed E-state index contributed by atoms with van der Waals surface area (Å²) in [6, 6.07) is 14.9. The third-order valence-corrected chi connectivity index (χ3v) is 6.11. The number of pyridine rings is 1. The van der Waals surface area contributed by atoms with E-state index < -0.39 is 0 Å². The molecule has 4 rings (SSSR count). The minimum absolute atomic E-state index is 0. The molecule has 0 radical (unpaired) electrons. The van der Waals surface area contributed by atoms with Gasteiger partial charge in [0.2, 0.25) is 5.91 Å².